The number of ether oxygens (including phenoxy) is 2. The summed E-state index contributed by atoms with van der Waals surface area (Å²) in [6, 6.07) is 10.3. The Bertz CT molecular complexity index is 1120. The third-order valence-electron chi connectivity index (χ3n) is 4.93. The summed E-state index contributed by atoms with van der Waals surface area (Å²) >= 11 is 0. The Morgan fingerprint density at radius 1 is 1.03 bits per heavy atom. The van der Waals surface area contributed by atoms with Crippen LogP contribution in [-0.4, -0.2) is 48.1 Å². The molecule has 1 heterocycles. The molecule has 2 aromatic carbocycles. The highest BCUT2D eigenvalue weighted by molar-refractivity contribution is 6.21. The van der Waals surface area contributed by atoms with Crippen molar-refractivity contribution in [3.05, 3.63) is 64.7 Å². The maximum absolute atomic E-state index is 12.5. The van der Waals surface area contributed by atoms with Gasteiger partial charge in [0, 0.05) is 25.1 Å². The number of amides is 3. The van der Waals surface area contributed by atoms with Crippen LogP contribution in [-0.2, 0) is 20.9 Å². The fourth-order valence-corrected chi connectivity index (χ4v) is 3.33. The van der Waals surface area contributed by atoms with Crippen molar-refractivity contribution < 1.29 is 41.8 Å². The van der Waals surface area contributed by atoms with Gasteiger partial charge in [-0.3, -0.25) is 24.1 Å². The standard InChI is InChI=1S/C23H21F3N2O6/c1-14-8-9-16-17(11-14)22(32)28(21(16)31)10-4-7-20(30)33-13-19(29)27-12-15-5-2-3-6-18(15)34-23(24,25)26/h2-3,5-6,8-9,11H,4,7,10,12-13H2,1H3,(H,27,29). The number of imide groups is 1. The van der Waals surface area contributed by atoms with Gasteiger partial charge in [0.05, 0.1) is 11.1 Å². The number of hydrogen-bond donors (Lipinski definition) is 1. The summed E-state index contributed by atoms with van der Waals surface area (Å²) in [5.74, 6) is -2.74. The molecule has 3 amide bonds. The van der Waals surface area contributed by atoms with Crippen LogP contribution in [0.15, 0.2) is 42.5 Å². The molecule has 0 spiro atoms. The van der Waals surface area contributed by atoms with Crippen molar-refractivity contribution >= 4 is 23.7 Å². The molecule has 1 aliphatic rings. The first kappa shape index (κ1) is 24.7. The molecular weight excluding hydrogens is 457 g/mol. The van der Waals surface area contributed by atoms with E-state index in [9.17, 15) is 32.3 Å². The van der Waals surface area contributed by atoms with Crippen LogP contribution < -0.4 is 10.1 Å². The summed E-state index contributed by atoms with van der Waals surface area (Å²) < 4.78 is 46.1. The first-order valence-electron chi connectivity index (χ1n) is 10.3. The van der Waals surface area contributed by atoms with Gasteiger partial charge in [0.2, 0.25) is 0 Å². The Hall–Kier alpha value is -3.89. The smallest absolute Gasteiger partial charge is 0.456 e. The van der Waals surface area contributed by atoms with Crippen molar-refractivity contribution in [2.24, 2.45) is 0 Å². The molecular formula is C23H21F3N2O6. The van der Waals surface area contributed by atoms with Gasteiger partial charge in [-0.15, -0.1) is 13.2 Å². The lowest BCUT2D eigenvalue weighted by Gasteiger charge is -2.14. The molecule has 1 aliphatic heterocycles. The van der Waals surface area contributed by atoms with Crippen molar-refractivity contribution in [1.82, 2.24) is 10.2 Å². The summed E-state index contributed by atoms with van der Waals surface area (Å²) in [6.45, 7) is 0.930. The molecule has 3 rings (SSSR count). The first-order valence-corrected chi connectivity index (χ1v) is 10.3. The number of nitrogens with one attached hydrogen (secondary N) is 1. The Morgan fingerprint density at radius 2 is 1.74 bits per heavy atom. The minimum atomic E-state index is -4.87. The number of para-hydroxylation sites is 1. The number of carbonyl (C=O) groups is 4. The van der Waals surface area contributed by atoms with E-state index in [4.69, 9.17) is 4.74 Å². The number of nitrogens with zero attached hydrogens (tertiary/aromatic N) is 1. The molecule has 11 heteroatoms. The lowest BCUT2D eigenvalue weighted by atomic mass is 10.1. The largest absolute Gasteiger partial charge is 0.573 e. The second-order valence-electron chi connectivity index (χ2n) is 7.51. The molecule has 0 atom stereocenters. The van der Waals surface area contributed by atoms with E-state index >= 15 is 0 Å². The number of carbonyl (C=O) groups excluding carboxylic acids is 4. The average Bonchev–Trinajstić information content (AvgIpc) is 3.00. The normalized spacial score (nSPS) is 13.0. The maximum Gasteiger partial charge on any atom is 0.573 e. The molecule has 2 aromatic rings. The zero-order valence-electron chi connectivity index (χ0n) is 18.1. The Kier molecular flexibility index (Phi) is 7.54. The van der Waals surface area contributed by atoms with Gasteiger partial charge in [0.25, 0.3) is 17.7 Å². The number of benzene rings is 2. The van der Waals surface area contributed by atoms with Gasteiger partial charge in [-0.1, -0.05) is 29.8 Å². The second-order valence-corrected chi connectivity index (χ2v) is 7.51. The van der Waals surface area contributed by atoms with Gasteiger partial charge in [0.1, 0.15) is 5.75 Å². The molecule has 34 heavy (non-hydrogen) atoms. The third kappa shape index (κ3) is 6.33. The molecule has 0 saturated carbocycles. The lowest BCUT2D eigenvalue weighted by Crippen LogP contribution is -2.31. The topological polar surface area (TPSA) is 102 Å². The zero-order valence-corrected chi connectivity index (χ0v) is 18.1. The van der Waals surface area contributed by atoms with E-state index < -0.39 is 42.4 Å². The average molecular weight is 478 g/mol. The van der Waals surface area contributed by atoms with E-state index in [0.29, 0.717) is 11.1 Å². The van der Waals surface area contributed by atoms with Crippen LogP contribution in [0.2, 0.25) is 0 Å². The summed E-state index contributed by atoms with van der Waals surface area (Å²) in [6.07, 6.45) is -4.86. The van der Waals surface area contributed by atoms with Crippen LogP contribution in [0.3, 0.4) is 0 Å². The number of aryl methyl sites for hydroxylation is 1. The maximum atomic E-state index is 12.5. The van der Waals surface area contributed by atoms with E-state index in [1.165, 1.54) is 18.2 Å². The van der Waals surface area contributed by atoms with Crippen LogP contribution >= 0.6 is 0 Å². The van der Waals surface area contributed by atoms with E-state index in [1.807, 2.05) is 6.92 Å². The molecule has 8 nitrogen and oxygen atoms in total. The van der Waals surface area contributed by atoms with Crippen molar-refractivity contribution in [2.45, 2.75) is 32.7 Å². The predicted octanol–water partition coefficient (Wildman–Crippen LogP) is 3.13. The number of rotatable bonds is 9. The SMILES string of the molecule is Cc1ccc2c(c1)C(=O)N(CCCC(=O)OCC(=O)NCc1ccccc1OC(F)(F)F)C2=O. The number of halogens is 3. The van der Waals surface area contributed by atoms with E-state index in [-0.39, 0.29) is 31.5 Å². The molecule has 0 radical (unpaired) electrons. The summed E-state index contributed by atoms with van der Waals surface area (Å²) in [7, 11) is 0. The number of fused-ring (bicyclic) bond motifs is 1. The fourth-order valence-electron chi connectivity index (χ4n) is 3.33. The molecule has 0 aliphatic carbocycles. The van der Waals surface area contributed by atoms with Gasteiger partial charge < -0.3 is 14.8 Å². The highest BCUT2D eigenvalue weighted by Crippen LogP contribution is 2.26. The van der Waals surface area contributed by atoms with E-state index in [0.717, 1.165) is 16.5 Å². The van der Waals surface area contributed by atoms with Crippen molar-refractivity contribution in [3.63, 3.8) is 0 Å². The zero-order chi connectivity index (χ0) is 24.9. The van der Waals surface area contributed by atoms with Gasteiger partial charge in [-0.05, 0) is 31.5 Å². The molecule has 0 unspecified atom stereocenters. The molecule has 0 bridgehead atoms. The third-order valence-corrected chi connectivity index (χ3v) is 4.93. The van der Waals surface area contributed by atoms with E-state index in [2.05, 4.69) is 10.1 Å². The van der Waals surface area contributed by atoms with Crippen LogP contribution in [0, 0.1) is 6.92 Å². The molecule has 0 aromatic heterocycles. The molecule has 0 saturated heterocycles. The lowest BCUT2D eigenvalue weighted by molar-refractivity contribution is -0.274. The monoisotopic (exact) mass is 478 g/mol. The molecule has 0 fully saturated rings. The highest BCUT2D eigenvalue weighted by Gasteiger charge is 2.35. The van der Waals surface area contributed by atoms with Crippen LogP contribution in [0.4, 0.5) is 13.2 Å². The highest BCUT2D eigenvalue weighted by atomic mass is 19.4. The Labute approximate surface area is 192 Å². The van der Waals surface area contributed by atoms with Gasteiger partial charge in [-0.2, -0.15) is 0 Å². The summed E-state index contributed by atoms with van der Waals surface area (Å²) in [4.78, 5) is 49.6. The predicted molar refractivity (Wildman–Crippen MR) is 112 cm³/mol. The van der Waals surface area contributed by atoms with E-state index in [1.54, 1.807) is 18.2 Å². The van der Waals surface area contributed by atoms with Gasteiger partial charge >= 0.3 is 12.3 Å². The van der Waals surface area contributed by atoms with Gasteiger partial charge in [-0.25, -0.2) is 0 Å². The first-order chi connectivity index (χ1) is 16.0. The summed E-state index contributed by atoms with van der Waals surface area (Å²) in [5, 5.41) is 2.35. The minimum absolute atomic E-state index is 0.0165. The quantitative estimate of drug-likeness (QED) is 0.439. The Balaban J connectivity index is 1.39. The number of esters is 1. The Morgan fingerprint density at radius 3 is 2.47 bits per heavy atom. The molecule has 1 N–H and O–H groups in total. The number of hydrogen-bond acceptors (Lipinski definition) is 6. The van der Waals surface area contributed by atoms with Gasteiger partial charge in [0.15, 0.2) is 6.61 Å². The molecule has 180 valence electrons. The number of alkyl halides is 3. The van der Waals surface area contributed by atoms with Crippen LogP contribution in [0.25, 0.3) is 0 Å². The second kappa shape index (κ2) is 10.4. The van der Waals surface area contributed by atoms with Crippen molar-refractivity contribution in [3.8, 4) is 5.75 Å². The van der Waals surface area contributed by atoms with Crippen molar-refractivity contribution in [1.29, 1.82) is 0 Å². The van der Waals surface area contributed by atoms with Crippen LogP contribution in [0.5, 0.6) is 5.75 Å². The summed E-state index contributed by atoms with van der Waals surface area (Å²) in [5.41, 5.74) is 1.58. The van der Waals surface area contributed by atoms with Crippen molar-refractivity contribution in [2.75, 3.05) is 13.2 Å². The van der Waals surface area contributed by atoms with Crippen LogP contribution in [0.1, 0.15) is 44.7 Å². The minimum Gasteiger partial charge on any atom is -0.456 e. The fraction of sp³-hybridized carbons (Fsp3) is 0.304.